The van der Waals surface area contributed by atoms with Gasteiger partial charge in [0.1, 0.15) is 5.83 Å². The number of hydrogen-bond acceptors (Lipinski definition) is 2. The summed E-state index contributed by atoms with van der Waals surface area (Å²) in [6.45, 7) is 4.42. The zero-order chi connectivity index (χ0) is 14.0. The lowest BCUT2D eigenvalue weighted by Crippen LogP contribution is -2.09. The van der Waals surface area contributed by atoms with Gasteiger partial charge in [-0.25, -0.2) is 4.39 Å². The van der Waals surface area contributed by atoms with Crippen molar-refractivity contribution in [3.63, 3.8) is 0 Å². The van der Waals surface area contributed by atoms with Crippen molar-refractivity contribution >= 4 is 42.1 Å². The molecule has 1 atom stereocenters. The molecule has 2 rings (SSSR count). The van der Waals surface area contributed by atoms with Gasteiger partial charge in [-0.3, -0.25) is 0 Å². The van der Waals surface area contributed by atoms with Gasteiger partial charge in [0.25, 0.3) is 0 Å². The zero-order valence-electron chi connectivity index (χ0n) is 10.6. The highest BCUT2D eigenvalue weighted by atomic mass is 35.5. The molecule has 0 N–H and O–H groups in total. The average molecular weight is 316 g/mol. The van der Waals surface area contributed by atoms with Crippen LogP contribution in [-0.2, 0) is 6.54 Å². The van der Waals surface area contributed by atoms with E-state index in [0.29, 0.717) is 13.0 Å². The quantitative estimate of drug-likeness (QED) is 0.469. The molecule has 0 saturated heterocycles. The van der Waals surface area contributed by atoms with Gasteiger partial charge in [0, 0.05) is 11.4 Å². The van der Waals surface area contributed by atoms with Crippen molar-refractivity contribution in [1.82, 2.24) is 4.57 Å². The van der Waals surface area contributed by atoms with Crippen molar-refractivity contribution in [2.45, 2.75) is 28.3 Å². The van der Waals surface area contributed by atoms with Crippen LogP contribution in [0.15, 0.2) is 46.1 Å². The van der Waals surface area contributed by atoms with Crippen molar-refractivity contribution in [3.8, 4) is 0 Å². The maximum absolute atomic E-state index is 13.5. The maximum atomic E-state index is 13.5. The van der Waals surface area contributed by atoms with Gasteiger partial charge in [0.05, 0.1) is 16.1 Å². The Morgan fingerprint density at radius 2 is 2.42 bits per heavy atom. The van der Waals surface area contributed by atoms with Gasteiger partial charge in [0.15, 0.2) is 0 Å². The summed E-state index contributed by atoms with van der Waals surface area (Å²) in [5.74, 6) is -0.266. The summed E-state index contributed by atoms with van der Waals surface area (Å²) in [6.07, 6.45) is 7.83. The molecule has 5 heteroatoms. The van der Waals surface area contributed by atoms with Crippen LogP contribution in [-0.4, -0.2) is 16.2 Å². The van der Waals surface area contributed by atoms with Gasteiger partial charge >= 0.3 is 0 Å². The number of thiol groups is 1. The normalized spacial score (nSPS) is 19.1. The first-order chi connectivity index (χ1) is 9.06. The summed E-state index contributed by atoms with van der Waals surface area (Å²) < 4.78 is 15.5. The van der Waals surface area contributed by atoms with Crippen molar-refractivity contribution in [2.24, 2.45) is 0 Å². The van der Waals surface area contributed by atoms with Gasteiger partial charge in [-0.15, -0.1) is 36.0 Å². The largest absolute Gasteiger partial charge is 0.331 e. The number of aromatic nitrogens is 1. The minimum atomic E-state index is -0.524. The lowest BCUT2D eigenvalue weighted by molar-refractivity contribution is 0.583. The van der Waals surface area contributed by atoms with Gasteiger partial charge in [0.2, 0.25) is 0 Å². The predicted molar refractivity (Wildman–Crippen MR) is 85.1 cm³/mol. The molecule has 1 nitrogen and oxygen atoms in total. The van der Waals surface area contributed by atoms with Crippen molar-refractivity contribution in [1.29, 1.82) is 0 Å². The standard InChI is InChI=1S/C14H15ClFNS2/c1-3-12-13(19-2)7-14(18)17(12)8-9-4-5-10(15)11(16)6-9/h3-4,6-7,10,18H,1,5,8H2,2H3. The highest BCUT2D eigenvalue weighted by molar-refractivity contribution is 7.98. The Morgan fingerprint density at radius 3 is 3.00 bits per heavy atom. The van der Waals surface area contributed by atoms with Crippen LogP contribution in [0.2, 0.25) is 0 Å². The molecule has 0 aliphatic heterocycles. The fourth-order valence-electron chi connectivity index (χ4n) is 2.05. The Kier molecular flexibility index (Phi) is 4.87. The monoisotopic (exact) mass is 315 g/mol. The number of hydrogen-bond donors (Lipinski definition) is 1. The van der Waals surface area contributed by atoms with E-state index in [0.717, 1.165) is 21.2 Å². The third-order valence-electron chi connectivity index (χ3n) is 3.04. The fraction of sp³-hybridized carbons (Fsp3) is 0.286. The topological polar surface area (TPSA) is 4.93 Å². The molecule has 0 fully saturated rings. The molecule has 1 aliphatic carbocycles. The molecule has 1 unspecified atom stereocenters. The van der Waals surface area contributed by atoms with E-state index in [1.54, 1.807) is 17.8 Å². The number of thioether (sulfide) groups is 1. The molecule has 0 saturated carbocycles. The summed E-state index contributed by atoms with van der Waals surface area (Å²) >= 11 is 11.9. The Labute approximate surface area is 127 Å². The van der Waals surface area contributed by atoms with E-state index < -0.39 is 5.38 Å². The second kappa shape index (κ2) is 6.25. The van der Waals surface area contributed by atoms with Crippen LogP contribution in [0.5, 0.6) is 0 Å². The van der Waals surface area contributed by atoms with Crippen LogP contribution >= 0.6 is 36.0 Å². The highest BCUT2D eigenvalue weighted by Crippen LogP contribution is 2.30. The van der Waals surface area contributed by atoms with Crippen LogP contribution in [0.4, 0.5) is 4.39 Å². The van der Waals surface area contributed by atoms with Gasteiger partial charge in [-0.1, -0.05) is 12.7 Å². The molecule has 1 heterocycles. The summed E-state index contributed by atoms with van der Waals surface area (Å²) in [6, 6.07) is 2.00. The molecule has 1 aromatic rings. The molecule has 0 bridgehead atoms. The van der Waals surface area contributed by atoms with E-state index in [-0.39, 0.29) is 5.83 Å². The molecule has 102 valence electrons. The minimum absolute atomic E-state index is 0.266. The molecular formula is C14H15ClFNS2. The molecule has 1 aromatic heterocycles. The number of allylic oxidation sites excluding steroid dienone is 4. The van der Waals surface area contributed by atoms with Crippen molar-refractivity contribution in [2.75, 3.05) is 6.26 Å². The average Bonchev–Trinajstić information content (AvgIpc) is 2.70. The summed E-state index contributed by atoms with van der Waals surface area (Å²) in [4.78, 5) is 1.12. The fourth-order valence-corrected chi connectivity index (χ4v) is 3.23. The Balaban J connectivity index is 2.30. The van der Waals surface area contributed by atoms with Crippen LogP contribution in [0.1, 0.15) is 12.1 Å². The summed E-state index contributed by atoms with van der Waals surface area (Å²) in [5, 5.41) is 0.325. The Hall–Kier alpha value is -0.580. The zero-order valence-corrected chi connectivity index (χ0v) is 13.0. The first-order valence-electron chi connectivity index (χ1n) is 5.86. The number of alkyl halides is 1. The van der Waals surface area contributed by atoms with Crippen LogP contribution in [0.3, 0.4) is 0 Å². The van der Waals surface area contributed by atoms with E-state index in [1.807, 2.05) is 23.0 Å². The summed E-state index contributed by atoms with van der Waals surface area (Å²) in [5.41, 5.74) is 1.93. The number of rotatable bonds is 4. The first-order valence-corrected chi connectivity index (χ1v) is 7.96. The van der Waals surface area contributed by atoms with Crippen LogP contribution in [0, 0.1) is 0 Å². The Morgan fingerprint density at radius 1 is 1.68 bits per heavy atom. The van der Waals surface area contributed by atoms with E-state index >= 15 is 0 Å². The van der Waals surface area contributed by atoms with Gasteiger partial charge in [-0.05, 0) is 36.5 Å². The SMILES string of the molecule is C=Cc1c(SC)cc(S)n1CC1=CCC(Cl)C(F)=C1. The van der Waals surface area contributed by atoms with E-state index in [1.165, 1.54) is 6.08 Å². The smallest absolute Gasteiger partial charge is 0.118 e. The molecule has 1 aliphatic rings. The highest BCUT2D eigenvalue weighted by Gasteiger charge is 2.17. The second-order valence-corrected chi connectivity index (χ2v) is 6.09. The molecule has 0 spiro atoms. The van der Waals surface area contributed by atoms with E-state index in [9.17, 15) is 4.39 Å². The molecule has 0 aromatic carbocycles. The predicted octanol–water partition coefficient (Wildman–Crippen LogP) is 4.93. The lowest BCUT2D eigenvalue weighted by atomic mass is 10.1. The van der Waals surface area contributed by atoms with Crippen LogP contribution in [0.25, 0.3) is 6.08 Å². The third-order valence-corrected chi connectivity index (χ3v) is 4.57. The Bertz CT molecular complexity index is 560. The second-order valence-electron chi connectivity index (χ2n) is 4.26. The molecular weight excluding hydrogens is 301 g/mol. The lowest BCUT2D eigenvalue weighted by Gasteiger charge is -2.15. The molecule has 0 radical (unpaired) electrons. The van der Waals surface area contributed by atoms with Crippen LogP contribution < -0.4 is 0 Å². The number of nitrogens with zero attached hydrogens (tertiary/aromatic N) is 1. The molecule has 19 heavy (non-hydrogen) atoms. The summed E-state index contributed by atoms with van der Waals surface area (Å²) in [7, 11) is 0. The van der Waals surface area contributed by atoms with E-state index in [2.05, 4.69) is 19.2 Å². The van der Waals surface area contributed by atoms with Gasteiger partial charge in [-0.2, -0.15) is 0 Å². The third kappa shape index (κ3) is 3.12. The minimum Gasteiger partial charge on any atom is -0.331 e. The first kappa shape index (κ1) is 14.8. The maximum Gasteiger partial charge on any atom is 0.118 e. The van der Waals surface area contributed by atoms with Crippen molar-refractivity contribution in [3.05, 3.63) is 41.9 Å². The van der Waals surface area contributed by atoms with Crippen molar-refractivity contribution < 1.29 is 4.39 Å². The van der Waals surface area contributed by atoms with Gasteiger partial charge < -0.3 is 4.57 Å². The molecule has 0 amide bonds. The number of halogens is 2. The van der Waals surface area contributed by atoms with E-state index in [4.69, 9.17) is 11.6 Å².